The molecule has 21 heavy (non-hydrogen) atoms. The first-order valence-electron chi connectivity index (χ1n) is 6.61. The van der Waals surface area contributed by atoms with E-state index in [0.717, 1.165) is 11.1 Å². The molecule has 0 heterocycles. The van der Waals surface area contributed by atoms with Crippen LogP contribution >= 0.6 is 23.2 Å². The van der Waals surface area contributed by atoms with Crippen molar-refractivity contribution in [1.82, 2.24) is 4.90 Å². The molecular formula is C16H17Cl2FN2. The molecule has 1 unspecified atom stereocenters. The van der Waals surface area contributed by atoms with Gasteiger partial charge in [0.15, 0.2) is 0 Å². The minimum Gasteiger partial charge on any atom is -0.329 e. The molecule has 0 spiro atoms. The molecule has 112 valence electrons. The molecule has 0 aromatic heterocycles. The Morgan fingerprint density at radius 3 is 2.52 bits per heavy atom. The lowest BCUT2D eigenvalue weighted by Gasteiger charge is -2.28. The fourth-order valence-electron chi connectivity index (χ4n) is 2.34. The third kappa shape index (κ3) is 4.17. The number of rotatable bonds is 5. The molecule has 0 amide bonds. The molecule has 0 bridgehead atoms. The van der Waals surface area contributed by atoms with Crippen molar-refractivity contribution < 1.29 is 4.39 Å². The lowest BCUT2D eigenvalue weighted by atomic mass is 10.0. The Kier molecular flexibility index (Phi) is 5.59. The first kappa shape index (κ1) is 16.2. The molecule has 1 atom stereocenters. The van der Waals surface area contributed by atoms with E-state index in [1.54, 1.807) is 6.07 Å². The van der Waals surface area contributed by atoms with Crippen LogP contribution in [0.4, 0.5) is 4.39 Å². The normalized spacial score (nSPS) is 12.7. The second-order valence-corrected chi connectivity index (χ2v) is 5.80. The summed E-state index contributed by atoms with van der Waals surface area (Å²) in [5.74, 6) is -0.359. The van der Waals surface area contributed by atoms with Gasteiger partial charge in [0.2, 0.25) is 0 Å². The number of nitrogens with two attached hydrogens (primary N) is 1. The number of likely N-dealkylation sites (N-methyl/N-ethyl adjacent to an activating group) is 1. The Morgan fingerprint density at radius 1 is 1.19 bits per heavy atom. The van der Waals surface area contributed by atoms with Gasteiger partial charge in [0.25, 0.3) is 0 Å². The van der Waals surface area contributed by atoms with Crippen LogP contribution in [0.2, 0.25) is 10.0 Å². The van der Waals surface area contributed by atoms with Gasteiger partial charge in [-0.2, -0.15) is 0 Å². The van der Waals surface area contributed by atoms with Crippen molar-refractivity contribution in [3.05, 3.63) is 69.5 Å². The molecule has 0 aliphatic carbocycles. The number of benzene rings is 2. The molecule has 2 aromatic carbocycles. The Morgan fingerprint density at radius 2 is 1.90 bits per heavy atom. The van der Waals surface area contributed by atoms with E-state index in [4.69, 9.17) is 28.9 Å². The summed E-state index contributed by atoms with van der Waals surface area (Å²) >= 11 is 12.1. The summed E-state index contributed by atoms with van der Waals surface area (Å²) in [6, 6.07) is 12.0. The molecule has 2 nitrogen and oxygen atoms in total. The number of hydrogen-bond donors (Lipinski definition) is 1. The van der Waals surface area contributed by atoms with Crippen LogP contribution in [-0.2, 0) is 6.54 Å². The molecule has 5 heteroatoms. The SMILES string of the molecule is CN(Cc1ccccc1Cl)C(CN)c1cc(F)cc(Cl)c1. The van der Waals surface area contributed by atoms with Gasteiger partial charge in [-0.3, -0.25) is 4.90 Å². The highest BCUT2D eigenvalue weighted by Gasteiger charge is 2.18. The number of hydrogen-bond acceptors (Lipinski definition) is 2. The van der Waals surface area contributed by atoms with E-state index in [9.17, 15) is 4.39 Å². The second-order valence-electron chi connectivity index (χ2n) is 4.96. The Labute approximate surface area is 134 Å². The largest absolute Gasteiger partial charge is 0.329 e. The standard InChI is InChI=1S/C16H17Cl2FN2/c1-21(10-11-4-2-3-5-15(11)18)16(9-20)12-6-13(17)8-14(19)7-12/h2-8,16H,9-10,20H2,1H3. The van der Waals surface area contributed by atoms with Gasteiger partial charge < -0.3 is 5.73 Å². The molecule has 2 N–H and O–H groups in total. The van der Waals surface area contributed by atoms with Gasteiger partial charge in [-0.05, 0) is 42.4 Å². The fraction of sp³-hybridized carbons (Fsp3) is 0.250. The maximum absolute atomic E-state index is 13.5. The van der Waals surface area contributed by atoms with E-state index in [2.05, 4.69) is 0 Å². The van der Waals surface area contributed by atoms with E-state index in [-0.39, 0.29) is 11.9 Å². The zero-order valence-corrected chi connectivity index (χ0v) is 13.2. The van der Waals surface area contributed by atoms with Crippen LogP contribution in [0, 0.1) is 5.82 Å². The van der Waals surface area contributed by atoms with Gasteiger partial charge in [0.05, 0.1) is 0 Å². The maximum Gasteiger partial charge on any atom is 0.125 e. The van der Waals surface area contributed by atoms with Crippen molar-refractivity contribution in [1.29, 1.82) is 0 Å². The lowest BCUT2D eigenvalue weighted by molar-refractivity contribution is 0.241. The number of nitrogens with zero attached hydrogens (tertiary/aromatic N) is 1. The topological polar surface area (TPSA) is 29.3 Å². The summed E-state index contributed by atoms with van der Waals surface area (Å²) in [6.07, 6.45) is 0. The van der Waals surface area contributed by atoms with Gasteiger partial charge in [0, 0.05) is 29.2 Å². The molecule has 0 fully saturated rings. The van der Waals surface area contributed by atoms with Gasteiger partial charge >= 0.3 is 0 Å². The smallest absolute Gasteiger partial charge is 0.125 e. The van der Waals surface area contributed by atoms with Crippen LogP contribution in [0.1, 0.15) is 17.2 Å². The molecule has 0 radical (unpaired) electrons. The van der Waals surface area contributed by atoms with Crippen molar-refractivity contribution >= 4 is 23.2 Å². The van der Waals surface area contributed by atoms with Crippen molar-refractivity contribution in [3.63, 3.8) is 0 Å². The zero-order chi connectivity index (χ0) is 15.4. The molecule has 0 aliphatic rings. The molecule has 2 aromatic rings. The quantitative estimate of drug-likeness (QED) is 0.889. The first-order chi connectivity index (χ1) is 10.0. The van der Waals surface area contributed by atoms with Gasteiger partial charge in [-0.15, -0.1) is 0 Å². The van der Waals surface area contributed by atoms with Gasteiger partial charge in [0.1, 0.15) is 5.82 Å². The summed E-state index contributed by atoms with van der Waals surface area (Å²) in [5, 5.41) is 1.08. The van der Waals surface area contributed by atoms with Crippen molar-refractivity contribution in [3.8, 4) is 0 Å². The highest BCUT2D eigenvalue weighted by Crippen LogP contribution is 2.26. The average Bonchev–Trinajstić information content (AvgIpc) is 2.41. The van der Waals surface area contributed by atoms with Crippen molar-refractivity contribution in [2.45, 2.75) is 12.6 Å². The Balaban J connectivity index is 2.22. The zero-order valence-electron chi connectivity index (χ0n) is 11.7. The maximum atomic E-state index is 13.5. The monoisotopic (exact) mass is 326 g/mol. The lowest BCUT2D eigenvalue weighted by Crippen LogP contribution is -2.30. The van der Waals surface area contributed by atoms with Crippen LogP contribution in [0.15, 0.2) is 42.5 Å². The molecule has 0 saturated heterocycles. The predicted molar refractivity (Wildman–Crippen MR) is 86.1 cm³/mol. The molecular weight excluding hydrogens is 310 g/mol. The van der Waals surface area contributed by atoms with E-state index in [1.165, 1.54) is 12.1 Å². The van der Waals surface area contributed by atoms with Crippen molar-refractivity contribution in [2.75, 3.05) is 13.6 Å². The minimum atomic E-state index is -0.359. The summed E-state index contributed by atoms with van der Waals surface area (Å²) in [5.41, 5.74) is 7.62. The van der Waals surface area contributed by atoms with Crippen LogP contribution in [0.25, 0.3) is 0 Å². The van der Waals surface area contributed by atoms with Gasteiger partial charge in [-0.25, -0.2) is 4.39 Å². The fourth-order valence-corrected chi connectivity index (χ4v) is 2.77. The summed E-state index contributed by atoms with van der Waals surface area (Å²) in [4.78, 5) is 2.03. The predicted octanol–water partition coefficient (Wildman–Crippen LogP) is 4.26. The van der Waals surface area contributed by atoms with Crippen LogP contribution in [-0.4, -0.2) is 18.5 Å². The highest BCUT2D eigenvalue weighted by atomic mass is 35.5. The third-order valence-electron chi connectivity index (χ3n) is 3.40. The van der Waals surface area contributed by atoms with E-state index in [1.807, 2.05) is 36.2 Å². The molecule has 0 aliphatic heterocycles. The third-order valence-corrected chi connectivity index (χ3v) is 3.99. The Hall–Kier alpha value is -1.13. The number of halogens is 3. The van der Waals surface area contributed by atoms with Crippen molar-refractivity contribution in [2.24, 2.45) is 5.73 Å². The Bertz CT molecular complexity index is 599. The second kappa shape index (κ2) is 7.23. The molecule has 0 saturated carbocycles. The van der Waals surface area contributed by atoms with Gasteiger partial charge in [-0.1, -0.05) is 41.4 Å². The molecule has 2 rings (SSSR count). The minimum absolute atomic E-state index is 0.130. The highest BCUT2D eigenvalue weighted by molar-refractivity contribution is 6.31. The van der Waals surface area contributed by atoms with Crippen LogP contribution < -0.4 is 5.73 Å². The summed E-state index contributed by atoms with van der Waals surface area (Å²) in [7, 11) is 1.93. The van der Waals surface area contributed by atoms with Crippen LogP contribution in [0.5, 0.6) is 0 Å². The van der Waals surface area contributed by atoms with E-state index in [0.29, 0.717) is 23.1 Å². The first-order valence-corrected chi connectivity index (χ1v) is 7.36. The average molecular weight is 327 g/mol. The summed E-state index contributed by atoms with van der Waals surface area (Å²) < 4.78 is 13.5. The van der Waals surface area contributed by atoms with Crippen LogP contribution in [0.3, 0.4) is 0 Å². The summed E-state index contributed by atoms with van der Waals surface area (Å²) in [6.45, 7) is 0.983. The van der Waals surface area contributed by atoms with E-state index < -0.39 is 0 Å². The van der Waals surface area contributed by atoms with E-state index >= 15 is 0 Å².